The van der Waals surface area contributed by atoms with E-state index in [1.165, 1.54) is 47.0 Å². The van der Waals surface area contributed by atoms with Gasteiger partial charge in [0.05, 0.1) is 0 Å². The van der Waals surface area contributed by atoms with E-state index < -0.39 is 0 Å². The van der Waals surface area contributed by atoms with E-state index in [-0.39, 0.29) is 0 Å². The summed E-state index contributed by atoms with van der Waals surface area (Å²) in [6, 6.07) is 8.73. The first kappa shape index (κ1) is 24.2. The summed E-state index contributed by atoms with van der Waals surface area (Å²) in [4.78, 5) is 19.1. The molecule has 6 nitrogen and oxygen atoms in total. The average Bonchev–Trinajstić information content (AvgIpc) is 2.85. The maximum absolute atomic E-state index is 4.85. The molecule has 2 fully saturated rings. The Kier molecular flexibility index (Phi) is 7.32. The lowest BCUT2D eigenvalue weighted by Crippen LogP contribution is -2.48. The summed E-state index contributed by atoms with van der Waals surface area (Å²) in [5, 5.41) is 5.98. The molecule has 5 rings (SSSR count). The zero-order chi connectivity index (χ0) is 24.4. The van der Waals surface area contributed by atoms with Gasteiger partial charge in [-0.15, -0.1) is 0 Å². The van der Waals surface area contributed by atoms with Gasteiger partial charge >= 0.3 is 0 Å². The van der Waals surface area contributed by atoms with Crippen molar-refractivity contribution in [3.05, 3.63) is 42.2 Å². The SMILES string of the molecule is CCC1CCCN(c2nccc(Nc3cc4c(C(C)C)ccc(N5CC(CSC)C5)c4cn3)n2)C1. The smallest absolute Gasteiger partial charge is 0.227 e. The van der Waals surface area contributed by atoms with Crippen molar-refractivity contribution in [1.82, 2.24) is 15.0 Å². The molecule has 0 aliphatic carbocycles. The molecule has 1 unspecified atom stereocenters. The third kappa shape index (κ3) is 5.20. The second-order valence-corrected chi connectivity index (χ2v) is 11.3. The standard InChI is InChI=1S/C28H38N6S/c1-5-20-7-6-12-33(15-20)28-29-11-10-26(32-28)31-27-13-23-22(19(2)3)8-9-25(24(23)14-30-27)34-16-21(17-34)18-35-4/h8-11,13-14,19-21H,5-7,12,15-18H2,1-4H3,(H,29,30,31,32). The van der Waals surface area contributed by atoms with Crippen LogP contribution in [0.25, 0.3) is 10.8 Å². The highest BCUT2D eigenvalue weighted by Crippen LogP contribution is 2.37. The normalized spacial score (nSPS) is 18.8. The van der Waals surface area contributed by atoms with Crippen LogP contribution in [0.1, 0.15) is 51.5 Å². The topological polar surface area (TPSA) is 57.2 Å². The molecular formula is C28H38N6S. The first-order valence-electron chi connectivity index (χ1n) is 13.1. The van der Waals surface area contributed by atoms with E-state index >= 15 is 0 Å². The van der Waals surface area contributed by atoms with Crippen LogP contribution in [0.15, 0.2) is 36.7 Å². The summed E-state index contributed by atoms with van der Waals surface area (Å²) >= 11 is 1.95. The monoisotopic (exact) mass is 490 g/mol. The van der Waals surface area contributed by atoms with Crippen molar-refractivity contribution in [2.24, 2.45) is 11.8 Å². The van der Waals surface area contributed by atoms with Gasteiger partial charge in [-0.1, -0.05) is 33.3 Å². The third-order valence-electron chi connectivity index (χ3n) is 7.51. The Hall–Kier alpha value is -2.54. The van der Waals surface area contributed by atoms with Crippen molar-refractivity contribution in [2.75, 3.05) is 53.3 Å². The Morgan fingerprint density at radius 2 is 1.86 bits per heavy atom. The van der Waals surface area contributed by atoms with Crippen LogP contribution < -0.4 is 15.1 Å². The number of piperidine rings is 1. The molecule has 2 saturated heterocycles. The summed E-state index contributed by atoms with van der Waals surface area (Å²) in [7, 11) is 0. The summed E-state index contributed by atoms with van der Waals surface area (Å²) in [5.74, 6) is 5.65. The molecule has 0 radical (unpaired) electrons. The molecule has 0 spiro atoms. The van der Waals surface area contributed by atoms with Gasteiger partial charge in [0.15, 0.2) is 0 Å². The van der Waals surface area contributed by atoms with Crippen molar-refractivity contribution >= 4 is 45.8 Å². The zero-order valence-electron chi connectivity index (χ0n) is 21.5. The van der Waals surface area contributed by atoms with Crippen LogP contribution in [0.2, 0.25) is 0 Å². The fourth-order valence-corrected chi connectivity index (χ4v) is 6.17. The molecule has 3 aromatic rings. The Morgan fingerprint density at radius 3 is 2.63 bits per heavy atom. The van der Waals surface area contributed by atoms with Crippen molar-refractivity contribution in [2.45, 2.75) is 46.0 Å². The fraction of sp³-hybridized carbons (Fsp3) is 0.536. The van der Waals surface area contributed by atoms with Crippen LogP contribution in [0.3, 0.4) is 0 Å². The number of rotatable bonds is 8. The molecule has 1 aromatic carbocycles. The van der Waals surface area contributed by atoms with E-state index in [0.29, 0.717) is 5.92 Å². The van der Waals surface area contributed by atoms with Gasteiger partial charge in [-0.3, -0.25) is 0 Å². The maximum Gasteiger partial charge on any atom is 0.227 e. The van der Waals surface area contributed by atoms with Crippen molar-refractivity contribution in [1.29, 1.82) is 0 Å². The minimum atomic E-state index is 0.443. The quantitative estimate of drug-likeness (QED) is 0.397. The minimum absolute atomic E-state index is 0.443. The number of pyridine rings is 1. The molecule has 35 heavy (non-hydrogen) atoms. The minimum Gasteiger partial charge on any atom is -0.370 e. The first-order valence-corrected chi connectivity index (χ1v) is 14.5. The van der Waals surface area contributed by atoms with Gasteiger partial charge in [0.1, 0.15) is 11.6 Å². The predicted molar refractivity (Wildman–Crippen MR) is 150 cm³/mol. The van der Waals surface area contributed by atoms with Crippen LogP contribution >= 0.6 is 11.8 Å². The lowest BCUT2D eigenvalue weighted by atomic mass is 9.93. The molecule has 2 aliphatic rings. The summed E-state index contributed by atoms with van der Waals surface area (Å²) < 4.78 is 0. The van der Waals surface area contributed by atoms with Gasteiger partial charge < -0.3 is 15.1 Å². The van der Waals surface area contributed by atoms with E-state index in [1.807, 2.05) is 30.2 Å². The lowest BCUT2D eigenvalue weighted by Gasteiger charge is -2.41. The van der Waals surface area contributed by atoms with Crippen molar-refractivity contribution < 1.29 is 0 Å². The highest BCUT2D eigenvalue weighted by molar-refractivity contribution is 7.98. The fourth-order valence-electron chi connectivity index (χ4n) is 5.48. The van der Waals surface area contributed by atoms with Gasteiger partial charge in [0.25, 0.3) is 0 Å². The highest BCUT2D eigenvalue weighted by Gasteiger charge is 2.28. The van der Waals surface area contributed by atoms with Gasteiger partial charge in [0, 0.05) is 55.6 Å². The molecule has 2 aromatic heterocycles. The highest BCUT2D eigenvalue weighted by atomic mass is 32.2. The molecule has 0 saturated carbocycles. The summed E-state index contributed by atoms with van der Waals surface area (Å²) in [5.41, 5.74) is 2.67. The lowest BCUT2D eigenvalue weighted by molar-refractivity contribution is 0.401. The molecule has 0 bridgehead atoms. The Morgan fingerprint density at radius 1 is 1.03 bits per heavy atom. The summed E-state index contributed by atoms with van der Waals surface area (Å²) in [6.45, 7) is 11.1. The summed E-state index contributed by atoms with van der Waals surface area (Å²) in [6.07, 6.45) is 9.82. The Labute approximate surface area is 213 Å². The van der Waals surface area contributed by atoms with Crippen molar-refractivity contribution in [3.63, 3.8) is 0 Å². The van der Waals surface area contributed by atoms with E-state index in [9.17, 15) is 0 Å². The number of aromatic nitrogens is 3. The number of hydrogen-bond donors (Lipinski definition) is 1. The van der Waals surface area contributed by atoms with Gasteiger partial charge in [-0.2, -0.15) is 16.7 Å². The van der Waals surface area contributed by atoms with Crippen LogP contribution in [0, 0.1) is 11.8 Å². The first-order chi connectivity index (χ1) is 17.1. The van der Waals surface area contributed by atoms with E-state index in [4.69, 9.17) is 9.97 Å². The molecule has 2 aliphatic heterocycles. The molecule has 0 amide bonds. The average molecular weight is 491 g/mol. The number of nitrogens with one attached hydrogen (secondary N) is 1. The van der Waals surface area contributed by atoms with Crippen LogP contribution in [0.4, 0.5) is 23.3 Å². The van der Waals surface area contributed by atoms with Gasteiger partial charge in [-0.25, -0.2) is 9.97 Å². The molecule has 186 valence electrons. The van der Waals surface area contributed by atoms with Crippen LogP contribution in [-0.4, -0.2) is 53.1 Å². The van der Waals surface area contributed by atoms with E-state index in [1.54, 1.807) is 0 Å². The second kappa shape index (κ2) is 10.6. The van der Waals surface area contributed by atoms with E-state index in [2.05, 4.69) is 65.3 Å². The van der Waals surface area contributed by atoms with Crippen LogP contribution in [0.5, 0.6) is 0 Å². The largest absolute Gasteiger partial charge is 0.370 e. The van der Waals surface area contributed by atoms with Gasteiger partial charge in [0.2, 0.25) is 5.95 Å². The third-order valence-corrected chi connectivity index (χ3v) is 8.32. The molecule has 7 heteroatoms. The van der Waals surface area contributed by atoms with Gasteiger partial charge in [-0.05, 0) is 65.8 Å². The van der Waals surface area contributed by atoms with Crippen molar-refractivity contribution in [3.8, 4) is 0 Å². The maximum atomic E-state index is 4.85. The van der Waals surface area contributed by atoms with Crippen LogP contribution in [-0.2, 0) is 0 Å². The molecule has 1 atom stereocenters. The number of thioether (sulfide) groups is 1. The number of benzene rings is 1. The number of nitrogens with zero attached hydrogens (tertiary/aromatic N) is 5. The van der Waals surface area contributed by atoms with E-state index in [0.717, 1.165) is 55.6 Å². The Balaban J connectivity index is 1.40. The molecule has 1 N–H and O–H groups in total. The number of anilines is 4. The number of hydrogen-bond acceptors (Lipinski definition) is 7. The number of fused-ring (bicyclic) bond motifs is 1. The second-order valence-electron chi connectivity index (χ2n) is 10.4. The predicted octanol–water partition coefficient (Wildman–Crippen LogP) is 6.32. The Bertz CT molecular complexity index is 1160. The molecular weight excluding hydrogens is 452 g/mol. The molecule has 4 heterocycles. The zero-order valence-corrected chi connectivity index (χ0v) is 22.3.